The lowest BCUT2D eigenvalue weighted by molar-refractivity contribution is 0.00770. The lowest BCUT2D eigenvalue weighted by Crippen LogP contribution is -2.41. The highest BCUT2D eigenvalue weighted by Crippen LogP contribution is 2.50. The van der Waals surface area contributed by atoms with Crippen LogP contribution in [0.3, 0.4) is 0 Å². The van der Waals surface area contributed by atoms with Gasteiger partial charge in [-0.15, -0.1) is 0 Å². The molecule has 2 unspecified atom stereocenters. The van der Waals surface area contributed by atoms with Gasteiger partial charge in [-0.3, -0.25) is 0 Å². The summed E-state index contributed by atoms with van der Waals surface area (Å²) in [5.74, 6) is 0.557. The third-order valence-electron chi connectivity index (χ3n) is 4.43. The van der Waals surface area contributed by atoms with Gasteiger partial charge in [0, 0.05) is 16.1 Å². The molecular formula is C16H19NO2S. The van der Waals surface area contributed by atoms with Crippen molar-refractivity contribution in [1.29, 1.82) is 5.26 Å². The Labute approximate surface area is 123 Å². The number of hydrogen-bond donors (Lipinski definition) is 1. The van der Waals surface area contributed by atoms with E-state index in [1.807, 2.05) is 23.9 Å². The molecule has 2 aliphatic rings. The molecule has 4 heteroatoms. The zero-order valence-corrected chi connectivity index (χ0v) is 12.4. The summed E-state index contributed by atoms with van der Waals surface area (Å²) in [6.07, 6.45) is 5.11. The second-order valence-corrected chi connectivity index (χ2v) is 7.35. The number of ether oxygens (including phenoxy) is 1. The van der Waals surface area contributed by atoms with E-state index in [0.717, 1.165) is 18.4 Å². The molecule has 2 aliphatic heterocycles. The molecule has 20 heavy (non-hydrogen) atoms. The first-order valence-corrected chi connectivity index (χ1v) is 8.06. The summed E-state index contributed by atoms with van der Waals surface area (Å²) in [5, 5.41) is 21.6. The van der Waals surface area contributed by atoms with E-state index in [9.17, 15) is 10.4 Å². The van der Waals surface area contributed by atoms with Gasteiger partial charge in [0.1, 0.15) is 17.4 Å². The van der Waals surface area contributed by atoms with Crippen LogP contribution in [0.5, 0.6) is 5.75 Å². The van der Waals surface area contributed by atoms with E-state index in [2.05, 4.69) is 6.07 Å². The Morgan fingerprint density at radius 2 is 2.05 bits per heavy atom. The molecule has 0 aromatic heterocycles. The van der Waals surface area contributed by atoms with Crippen LogP contribution < -0.4 is 4.74 Å². The number of rotatable bonds is 2. The summed E-state index contributed by atoms with van der Waals surface area (Å²) in [7, 11) is 1.56. The first-order chi connectivity index (χ1) is 9.66. The number of nitrogens with zero attached hydrogens (tertiary/aromatic N) is 1. The normalized spacial score (nSPS) is 32.5. The van der Waals surface area contributed by atoms with Gasteiger partial charge in [0.05, 0.1) is 12.7 Å². The fraction of sp³-hybridized carbons (Fsp3) is 0.562. The monoisotopic (exact) mass is 289 g/mol. The molecule has 0 saturated carbocycles. The number of nitriles is 1. The average Bonchev–Trinajstić information content (AvgIpc) is 2.45. The van der Waals surface area contributed by atoms with Crippen molar-refractivity contribution < 1.29 is 9.84 Å². The predicted molar refractivity (Wildman–Crippen MR) is 79.9 cm³/mol. The summed E-state index contributed by atoms with van der Waals surface area (Å²) < 4.78 is 5.27. The van der Waals surface area contributed by atoms with Gasteiger partial charge in [0.25, 0.3) is 0 Å². The van der Waals surface area contributed by atoms with Crippen LogP contribution in [-0.4, -0.2) is 22.7 Å². The molecule has 0 amide bonds. The molecule has 0 radical (unpaired) electrons. The van der Waals surface area contributed by atoms with Crippen LogP contribution in [-0.2, 0) is 5.60 Å². The van der Waals surface area contributed by atoms with Crippen LogP contribution in [0, 0.1) is 11.3 Å². The van der Waals surface area contributed by atoms with Crippen LogP contribution in [0.4, 0.5) is 0 Å². The van der Waals surface area contributed by atoms with Gasteiger partial charge in [-0.1, -0.05) is 18.6 Å². The van der Waals surface area contributed by atoms with Crippen molar-refractivity contribution in [3.63, 3.8) is 0 Å². The Morgan fingerprint density at radius 3 is 2.65 bits per heavy atom. The highest BCUT2D eigenvalue weighted by molar-refractivity contribution is 8.00. The molecule has 1 aromatic carbocycles. The van der Waals surface area contributed by atoms with Gasteiger partial charge >= 0.3 is 0 Å². The SMILES string of the molecule is COc1cccc(C2(O)CC3CCCC(C2)S3)c1C#N. The van der Waals surface area contributed by atoms with E-state index in [0.29, 0.717) is 21.8 Å². The lowest BCUT2D eigenvalue weighted by atomic mass is 9.78. The minimum atomic E-state index is -0.874. The molecule has 3 rings (SSSR count). The van der Waals surface area contributed by atoms with Crippen molar-refractivity contribution in [2.45, 2.75) is 48.2 Å². The standard InChI is InChI=1S/C16H19NO2S/c1-19-15-7-3-6-14(13(15)10-17)16(18)8-11-4-2-5-12(9-16)20-11/h3,6-7,11-12,18H,2,4-5,8-9H2,1H3. The van der Waals surface area contributed by atoms with Crippen LogP contribution in [0.15, 0.2) is 18.2 Å². The molecule has 0 spiro atoms. The number of hydrogen-bond acceptors (Lipinski definition) is 4. The van der Waals surface area contributed by atoms with E-state index < -0.39 is 5.60 Å². The van der Waals surface area contributed by atoms with E-state index >= 15 is 0 Å². The van der Waals surface area contributed by atoms with Crippen LogP contribution in [0.2, 0.25) is 0 Å². The second kappa shape index (κ2) is 5.31. The minimum Gasteiger partial charge on any atom is -0.495 e. The number of thioether (sulfide) groups is 1. The third-order valence-corrected chi connectivity index (χ3v) is 6.00. The van der Waals surface area contributed by atoms with Gasteiger partial charge in [-0.05, 0) is 31.7 Å². The smallest absolute Gasteiger partial charge is 0.137 e. The Morgan fingerprint density at radius 1 is 1.35 bits per heavy atom. The number of fused-ring (bicyclic) bond motifs is 2. The molecule has 2 saturated heterocycles. The number of aliphatic hydroxyl groups is 1. The molecule has 2 fully saturated rings. The summed E-state index contributed by atoms with van der Waals surface area (Å²) in [6.45, 7) is 0. The zero-order chi connectivity index (χ0) is 14.2. The average molecular weight is 289 g/mol. The molecule has 106 valence electrons. The van der Waals surface area contributed by atoms with Crippen molar-refractivity contribution in [3.05, 3.63) is 29.3 Å². The van der Waals surface area contributed by atoms with Crippen LogP contribution in [0.1, 0.15) is 43.2 Å². The summed E-state index contributed by atoms with van der Waals surface area (Å²) in [5.41, 5.74) is 0.361. The third kappa shape index (κ3) is 2.30. The van der Waals surface area contributed by atoms with Gasteiger partial charge in [-0.2, -0.15) is 17.0 Å². The molecule has 1 N–H and O–H groups in total. The predicted octanol–water partition coefficient (Wildman–Crippen LogP) is 3.20. The Bertz CT molecular complexity index is 540. The maximum absolute atomic E-state index is 11.2. The summed E-state index contributed by atoms with van der Waals surface area (Å²) >= 11 is 2.02. The molecule has 1 aromatic rings. The first kappa shape index (κ1) is 13.8. The van der Waals surface area contributed by atoms with Crippen molar-refractivity contribution in [2.75, 3.05) is 7.11 Å². The highest BCUT2D eigenvalue weighted by atomic mass is 32.2. The maximum Gasteiger partial charge on any atom is 0.137 e. The minimum absolute atomic E-state index is 0.488. The van der Waals surface area contributed by atoms with Crippen molar-refractivity contribution in [2.24, 2.45) is 0 Å². The highest BCUT2D eigenvalue weighted by Gasteiger charge is 2.43. The topological polar surface area (TPSA) is 53.2 Å². The van der Waals surface area contributed by atoms with E-state index in [-0.39, 0.29) is 0 Å². The molecule has 0 aliphatic carbocycles. The largest absolute Gasteiger partial charge is 0.495 e. The Balaban J connectivity index is 2.01. The van der Waals surface area contributed by atoms with E-state index in [4.69, 9.17) is 4.74 Å². The fourth-order valence-corrected chi connectivity index (χ4v) is 5.44. The van der Waals surface area contributed by atoms with Gasteiger partial charge in [0.15, 0.2) is 0 Å². The second-order valence-electron chi connectivity index (χ2n) is 5.75. The maximum atomic E-state index is 11.2. The van der Waals surface area contributed by atoms with Gasteiger partial charge < -0.3 is 9.84 Å². The van der Waals surface area contributed by atoms with Crippen molar-refractivity contribution >= 4 is 11.8 Å². The Kier molecular flexibility index (Phi) is 3.66. The van der Waals surface area contributed by atoms with E-state index in [1.165, 1.54) is 19.3 Å². The van der Waals surface area contributed by atoms with E-state index in [1.54, 1.807) is 13.2 Å². The molecule has 2 bridgehead atoms. The molecule has 2 heterocycles. The van der Waals surface area contributed by atoms with Crippen LogP contribution in [0.25, 0.3) is 0 Å². The van der Waals surface area contributed by atoms with Crippen LogP contribution >= 0.6 is 11.8 Å². The quantitative estimate of drug-likeness (QED) is 0.908. The van der Waals surface area contributed by atoms with Gasteiger partial charge in [-0.25, -0.2) is 0 Å². The first-order valence-electron chi connectivity index (χ1n) is 7.12. The number of methoxy groups -OCH3 is 1. The number of benzene rings is 1. The summed E-state index contributed by atoms with van der Waals surface area (Å²) in [4.78, 5) is 0. The zero-order valence-electron chi connectivity index (χ0n) is 11.6. The van der Waals surface area contributed by atoms with Crippen molar-refractivity contribution in [3.8, 4) is 11.8 Å². The summed E-state index contributed by atoms with van der Waals surface area (Å²) in [6, 6.07) is 7.74. The molecule has 2 atom stereocenters. The van der Waals surface area contributed by atoms with Crippen molar-refractivity contribution in [1.82, 2.24) is 0 Å². The lowest BCUT2D eigenvalue weighted by Gasteiger charge is -2.44. The molecule has 3 nitrogen and oxygen atoms in total. The molecular weight excluding hydrogens is 270 g/mol. The Hall–Kier alpha value is -1.18. The fourth-order valence-electron chi connectivity index (χ4n) is 3.54. The van der Waals surface area contributed by atoms with Gasteiger partial charge in [0.2, 0.25) is 0 Å².